The number of nitrogens with zero attached hydrogens (tertiary/aromatic N) is 3. The summed E-state index contributed by atoms with van der Waals surface area (Å²) in [5, 5.41) is -0.184. The smallest absolute Gasteiger partial charge is 0.261 e. The Hall–Kier alpha value is -2.15. The first-order chi connectivity index (χ1) is 17.2. The summed E-state index contributed by atoms with van der Waals surface area (Å²) in [5.41, 5.74) is 1.86. The average molecular weight is 494 g/mol. The molecule has 0 aromatic heterocycles. The van der Waals surface area contributed by atoms with Crippen LogP contribution in [0.3, 0.4) is 0 Å². The number of piperazine rings is 1. The monoisotopic (exact) mass is 493 g/mol. The number of benzene rings is 2. The van der Waals surface area contributed by atoms with Crippen LogP contribution in [0.25, 0.3) is 6.08 Å². The summed E-state index contributed by atoms with van der Waals surface area (Å²) >= 11 is 1.54. The number of hydrogen-bond donors (Lipinski definition) is 0. The number of carbonyl (C=O) groups is 1. The highest BCUT2D eigenvalue weighted by atomic mass is 32.2. The molecule has 5 rings (SSSR count). The van der Waals surface area contributed by atoms with E-state index in [0.29, 0.717) is 6.54 Å². The van der Waals surface area contributed by atoms with E-state index in [-0.39, 0.29) is 17.1 Å². The second-order valence-electron chi connectivity index (χ2n) is 9.97. The fraction of sp³-hybridized carbons (Fsp3) is 0.483. The van der Waals surface area contributed by atoms with Crippen LogP contribution in [0.2, 0.25) is 0 Å². The van der Waals surface area contributed by atoms with Gasteiger partial charge in [0.25, 0.3) is 5.91 Å². The number of amides is 1. The molecule has 35 heavy (non-hydrogen) atoms. The molecule has 1 atom stereocenters. The molecular formula is C29H36FN3OS. The standard InChI is InChI=1S/C29H36FN3OS/c30-25-12-7-11-24(22-25)29-33(28(34)27(35-29)21-23-9-3-1-4-10-23)16-8-15-31-17-19-32(20-18-31)26-13-5-2-6-14-26/h1,3-4,7,9-12,21-22,26,29H,2,5-6,8,13-20H2/b27-21+. The maximum atomic E-state index is 14.0. The van der Waals surface area contributed by atoms with E-state index in [0.717, 1.165) is 48.1 Å². The van der Waals surface area contributed by atoms with Gasteiger partial charge in [0.1, 0.15) is 11.2 Å². The van der Waals surface area contributed by atoms with Gasteiger partial charge in [0.15, 0.2) is 0 Å². The molecule has 0 spiro atoms. The van der Waals surface area contributed by atoms with Gasteiger partial charge < -0.3 is 9.80 Å². The van der Waals surface area contributed by atoms with E-state index in [4.69, 9.17) is 0 Å². The van der Waals surface area contributed by atoms with Crippen LogP contribution in [0.1, 0.15) is 55.0 Å². The molecule has 1 amide bonds. The van der Waals surface area contributed by atoms with Crippen molar-refractivity contribution in [1.82, 2.24) is 14.7 Å². The first-order valence-corrected chi connectivity index (χ1v) is 14.0. The Morgan fingerprint density at radius 1 is 0.914 bits per heavy atom. The predicted octanol–water partition coefficient (Wildman–Crippen LogP) is 5.78. The summed E-state index contributed by atoms with van der Waals surface area (Å²) in [6, 6.07) is 17.4. The van der Waals surface area contributed by atoms with E-state index in [1.165, 1.54) is 63.0 Å². The highest BCUT2D eigenvalue weighted by Crippen LogP contribution is 2.46. The van der Waals surface area contributed by atoms with Crippen LogP contribution in [0.4, 0.5) is 4.39 Å². The van der Waals surface area contributed by atoms with Gasteiger partial charge in [-0.25, -0.2) is 4.39 Å². The first-order valence-electron chi connectivity index (χ1n) is 13.1. The van der Waals surface area contributed by atoms with Crippen molar-refractivity contribution in [1.29, 1.82) is 0 Å². The number of thioether (sulfide) groups is 1. The van der Waals surface area contributed by atoms with E-state index >= 15 is 0 Å². The Kier molecular flexibility index (Phi) is 8.22. The van der Waals surface area contributed by atoms with Crippen molar-refractivity contribution in [3.63, 3.8) is 0 Å². The Morgan fingerprint density at radius 2 is 1.69 bits per heavy atom. The zero-order valence-electron chi connectivity index (χ0n) is 20.4. The van der Waals surface area contributed by atoms with E-state index in [2.05, 4.69) is 9.80 Å². The van der Waals surface area contributed by atoms with Gasteiger partial charge in [-0.15, -0.1) is 0 Å². The third-order valence-electron chi connectivity index (χ3n) is 7.60. The minimum atomic E-state index is -0.258. The molecule has 2 aromatic carbocycles. The fourth-order valence-corrected chi connectivity index (χ4v) is 6.94. The second kappa shape index (κ2) is 11.7. The van der Waals surface area contributed by atoms with Crippen LogP contribution in [-0.4, -0.2) is 65.9 Å². The topological polar surface area (TPSA) is 26.8 Å². The van der Waals surface area contributed by atoms with Crippen LogP contribution in [0, 0.1) is 5.82 Å². The predicted molar refractivity (Wildman–Crippen MR) is 142 cm³/mol. The van der Waals surface area contributed by atoms with Gasteiger partial charge in [-0.3, -0.25) is 9.69 Å². The van der Waals surface area contributed by atoms with Crippen LogP contribution in [-0.2, 0) is 4.79 Å². The summed E-state index contributed by atoms with van der Waals surface area (Å²) in [7, 11) is 0. The minimum absolute atomic E-state index is 0.0511. The van der Waals surface area contributed by atoms with Gasteiger partial charge in [0, 0.05) is 38.8 Å². The molecule has 1 aliphatic carbocycles. The molecule has 6 heteroatoms. The van der Waals surface area contributed by atoms with Crippen molar-refractivity contribution in [2.24, 2.45) is 0 Å². The van der Waals surface area contributed by atoms with Gasteiger partial charge in [-0.05, 0) is 55.1 Å². The van der Waals surface area contributed by atoms with Crippen LogP contribution in [0.15, 0.2) is 59.5 Å². The van der Waals surface area contributed by atoms with Gasteiger partial charge in [0.2, 0.25) is 0 Å². The summed E-state index contributed by atoms with van der Waals surface area (Å²) in [4.78, 5) is 21.3. The number of rotatable bonds is 7. The highest BCUT2D eigenvalue weighted by molar-refractivity contribution is 8.04. The van der Waals surface area contributed by atoms with E-state index in [1.54, 1.807) is 12.1 Å². The van der Waals surface area contributed by atoms with Crippen molar-refractivity contribution < 1.29 is 9.18 Å². The molecule has 2 aromatic rings. The molecular weight excluding hydrogens is 457 g/mol. The molecule has 0 N–H and O–H groups in total. The van der Waals surface area contributed by atoms with Crippen LogP contribution in [0.5, 0.6) is 0 Å². The maximum Gasteiger partial charge on any atom is 0.261 e. The van der Waals surface area contributed by atoms with Crippen molar-refractivity contribution >= 4 is 23.7 Å². The molecule has 3 fully saturated rings. The fourth-order valence-electron chi connectivity index (χ4n) is 5.67. The summed E-state index contributed by atoms with van der Waals surface area (Å²) in [6.07, 6.45) is 9.82. The zero-order valence-corrected chi connectivity index (χ0v) is 21.3. The second-order valence-corrected chi connectivity index (χ2v) is 11.1. The lowest BCUT2D eigenvalue weighted by Gasteiger charge is -2.41. The summed E-state index contributed by atoms with van der Waals surface area (Å²) in [5.74, 6) is -0.206. The van der Waals surface area contributed by atoms with Crippen LogP contribution < -0.4 is 0 Å². The van der Waals surface area contributed by atoms with Crippen LogP contribution >= 0.6 is 11.8 Å². The van der Waals surface area contributed by atoms with Crippen molar-refractivity contribution in [3.8, 4) is 0 Å². The van der Waals surface area contributed by atoms with E-state index in [1.807, 2.05) is 47.4 Å². The van der Waals surface area contributed by atoms with Crippen molar-refractivity contribution in [2.75, 3.05) is 39.3 Å². The minimum Gasteiger partial charge on any atom is -0.322 e. The highest BCUT2D eigenvalue weighted by Gasteiger charge is 2.37. The maximum absolute atomic E-state index is 14.0. The average Bonchev–Trinajstić information content (AvgIpc) is 3.20. The van der Waals surface area contributed by atoms with E-state index < -0.39 is 0 Å². The Bertz CT molecular complexity index is 1020. The third kappa shape index (κ3) is 6.16. The molecule has 2 heterocycles. The largest absolute Gasteiger partial charge is 0.322 e. The Morgan fingerprint density at radius 3 is 2.43 bits per heavy atom. The van der Waals surface area contributed by atoms with Crippen molar-refractivity contribution in [3.05, 3.63) is 76.4 Å². The zero-order chi connectivity index (χ0) is 24.0. The number of hydrogen-bond acceptors (Lipinski definition) is 4. The molecule has 0 radical (unpaired) electrons. The lowest BCUT2D eigenvalue weighted by Crippen LogP contribution is -2.51. The molecule has 1 unspecified atom stereocenters. The SMILES string of the molecule is O=C1/C(=C\c2ccccc2)SC(c2cccc(F)c2)N1CCCN1CCN(C2CCCCC2)CC1. The molecule has 4 nitrogen and oxygen atoms in total. The number of carbonyl (C=O) groups excluding carboxylic acids is 1. The third-order valence-corrected chi connectivity index (χ3v) is 8.89. The molecule has 0 bridgehead atoms. The normalized spacial score (nSPS) is 23.9. The summed E-state index contributed by atoms with van der Waals surface area (Å²) in [6.45, 7) is 6.25. The molecule has 3 aliphatic rings. The lowest BCUT2D eigenvalue weighted by atomic mass is 9.94. The first kappa shape index (κ1) is 24.5. The summed E-state index contributed by atoms with van der Waals surface area (Å²) < 4.78 is 14.0. The molecule has 1 saturated carbocycles. The molecule has 2 aliphatic heterocycles. The number of halogens is 1. The Labute approximate surface area is 213 Å². The van der Waals surface area contributed by atoms with Gasteiger partial charge in [-0.1, -0.05) is 73.5 Å². The lowest BCUT2D eigenvalue weighted by molar-refractivity contribution is -0.126. The van der Waals surface area contributed by atoms with Crippen molar-refractivity contribution in [2.45, 2.75) is 49.9 Å². The quantitative estimate of drug-likeness (QED) is 0.457. The Balaban J connectivity index is 1.20. The van der Waals surface area contributed by atoms with Gasteiger partial charge >= 0.3 is 0 Å². The van der Waals surface area contributed by atoms with Gasteiger partial charge in [0.05, 0.1) is 4.91 Å². The molecule has 2 saturated heterocycles. The van der Waals surface area contributed by atoms with E-state index in [9.17, 15) is 9.18 Å². The molecule has 186 valence electrons. The van der Waals surface area contributed by atoms with Gasteiger partial charge in [-0.2, -0.15) is 0 Å².